The quantitative estimate of drug-likeness (QED) is 0.487. The first-order chi connectivity index (χ1) is 14.2. The first-order valence-corrected chi connectivity index (χ1v) is 11.0. The molecule has 2 rings (SSSR count). The zero-order valence-electron chi connectivity index (χ0n) is 18.4. The van der Waals surface area contributed by atoms with Gasteiger partial charge in [-0.25, -0.2) is 0 Å². The Balaban J connectivity index is 2.15. The minimum absolute atomic E-state index is 0.0346. The van der Waals surface area contributed by atoms with Crippen molar-refractivity contribution in [1.29, 1.82) is 0 Å². The summed E-state index contributed by atoms with van der Waals surface area (Å²) in [6.07, 6.45) is 2.34. The Morgan fingerprint density at radius 2 is 1.77 bits per heavy atom. The van der Waals surface area contributed by atoms with Gasteiger partial charge in [0.1, 0.15) is 5.76 Å². The van der Waals surface area contributed by atoms with Crippen LogP contribution in [0.15, 0.2) is 53.1 Å². The number of nitrogens with zero attached hydrogens (tertiary/aromatic N) is 2. The van der Waals surface area contributed by atoms with Crippen LogP contribution in [-0.2, 0) is 22.6 Å². The number of benzene rings is 1. The second kappa shape index (κ2) is 11.2. The van der Waals surface area contributed by atoms with Crippen molar-refractivity contribution in [2.75, 3.05) is 25.5 Å². The Hall–Kier alpha value is -2.27. The molecule has 0 aliphatic heterocycles. The topological polar surface area (TPSA) is 53.8 Å². The van der Waals surface area contributed by atoms with Gasteiger partial charge >= 0.3 is 0 Å². The molecular weight excluding hydrogens is 400 g/mol. The highest BCUT2D eigenvalue weighted by molar-refractivity contribution is 6.19. The largest absolute Gasteiger partial charge is 0.467 e. The summed E-state index contributed by atoms with van der Waals surface area (Å²) >= 11 is 6.02. The van der Waals surface area contributed by atoms with Crippen LogP contribution in [-0.4, -0.2) is 47.1 Å². The van der Waals surface area contributed by atoms with Crippen LogP contribution in [0.1, 0.15) is 39.0 Å². The van der Waals surface area contributed by atoms with E-state index in [0.717, 1.165) is 17.7 Å². The third-order valence-corrected chi connectivity index (χ3v) is 5.57. The summed E-state index contributed by atoms with van der Waals surface area (Å²) in [4.78, 5) is 29.7. The maximum Gasteiger partial charge on any atom is 0.242 e. The maximum atomic E-state index is 13.3. The van der Waals surface area contributed by atoms with Crippen LogP contribution >= 0.6 is 11.6 Å². The van der Waals surface area contributed by atoms with Crippen LogP contribution in [0.3, 0.4) is 0 Å². The minimum atomic E-state index is -0.716. The average Bonchev–Trinajstić information content (AvgIpc) is 3.23. The lowest BCUT2D eigenvalue weighted by Crippen LogP contribution is -2.49. The highest BCUT2D eigenvalue weighted by atomic mass is 35.5. The van der Waals surface area contributed by atoms with Crippen LogP contribution < -0.4 is 0 Å². The monoisotopic (exact) mass is 432 g/mol. The molecule has 2 aromatic rings. The number of furan rings is 1. The molecular formula is C24H33ClN2O3. The molecule has 0 N–H and O–H groups in total. The van der Waals surface area contributed by atoms with Crippen LogP contribution in [0.4, 0.5) is 0 Å². The van der Waals surface area contributed by atoms with E-state index in [4.69, 9.17) is 16.0 Å². The van der Waals surface area contributed by atoms with E-state index in [-0.39, 0.29) is 30.2 Å². The van der Waals surface area contributed by atoms with Crippen molar-refractivity contribution in [1.82, 2.24) is 9.80 Å². The van der Waals surface area contributed by atoms with Crippen LogP contribution in [0.5, 0.6) is 0 Å². The number of amides is 2. The van der Waals surface area contributed by atoms with Gasteiger partial charge in [-0.05, 0) is 43.9 Å². The summed E-state index contributed by atoms with van der Waals surface area (Å²) < 4.78 is 5.46. The molecule has 1 aromatic carbocycles. The van der Waals surface area contributed by atoms with E-state index in [0.29, 0.717) is 19.6 Å². The van der Waals surface area contributed by atoms with E-state index in [2.05, 4.69) is 0 Å². The lowest BCUT2D eigenvalue weighted by Gasteiger charge is -2.33. The van der Waals surface area contributed by atoms with Gasteiger partial charge in [-0.1, -0.05) is 44.2 Å². The van der Waals surface area contributed by atoms with Crippen molar-refractivity contribution in [3.8, 4) is 0 Å². The standard InChI is InChI=1S/C24H33ClN2O3/c1-19(2)15-27(23(29)24(3,4)18-25)17-22(28)26(16-21-11-8-14-30-21)13-12-20-9-6-5-7-10-20/h5-11,14,19H,12-13,15-18H2,1-4H3. The van der Waals surface area contributed by atoms with Crippen molar-refractivity contribution in [3.05, 3.63) is 60.1 Å². The van der Waals surface area contributed by atoms with Crippen molar-refractivity contribution in [3.63, 3.8) is 0 Å². The molecule has 6 heteroatoms. The predicted octanol–water partition coefficient (Wildman–Crippen LogP) is 4.60. The molecule has 164 valence electrons. The number of halogens is 1. The molecule has 1 heterocycles. The first kappa shape index (κ1) is 24.0. The van der Waals surface area contributed by atoms with E-state index in [1.807, 2.05) is 70.2 Å². The van der Waals surface area contributed by atoms with E-state index in [1.165, 1.54) is 0 Å². The van der Waals surface area contributed by atoms with Gasteiger partial charge in [-0.2, -0.15) is 0 Å². The van der Waals surface area contributed by atoms with Gasteiger partial charge in [0.25, 0.3) is 0 Å². The second-order valence-corrected chi connectivity index (χ2v) is 8.99. The Bertz CT molecular complexity index is 788. The van der Waals surface area contributed by atoms with Gasteiger partial charge in [-0.15, -0.1) is 11.6 Å². The number of carbonyl (C=O) groups excluding carboxylic acids is 2. The number of hydrogen-bond acceptors (Lipinski definition) is 3. The highest BCUT2D eigenvalue weighted by Gasteiger charge is 2.33. The van der Waals surface area contributed by atoms with Crippen molar-refractivity contribution in [2.45, 2.75) is 40.7 Å². The summed E-state index contributed by atoms with van der Waals surface area (Å²) in [5, 5.41) is 0. The molecule has 0 saturated heterocycles. The Morgan fingerprint density at radius 1 is 1.07 bits per heavy atom. The van der Waals surface area contributed by atoms with Crippen molar-refractivity contribution in [2.24, 2.45) is 11.3 Å². The fourth-order valence-corrected chi connectivity index (χ4v) is 3.31. The molecule has 0 bridgehead atoms. The fourth-order valence-electron chi connectivity index (χ4n) is 3.20. The Kier molecular flexibility index (Phi) is 8.97. The van der Waals surface area contributed by atoms with Crippen molar-refractivity contribution >= 4 is 23.4 Å². The van der Waals surface area contributed by atoms with Gasteiger partial charge < -0.3 is 14.2 Å². The lowest BCUT2D eigenvalue weighted by molar-refractivity contribution is -0.146. The average molecular weight is 433 g/mol. The first-order valence-electron chi connectivity index (χ1n) is 10.4. The molecule has 0 aliphatic carbocycles. The molecule has 0 saturated carbocycles. The van der Waals surface area contributed by atoms with E-state index >= 15 is 0 Å². The minimum Gasteiger partial charge on any atom is -0.467 e. The number of alkyl halides is 1. The van der Waals surface area contributed by atoms with E-state index in [1.54, 1.807) is 16.1 Å². The van der Waals surface area contributed by atoms with Crippen molar-refractivity contribution < 1.29 is 14.0 Å². The number of carbonyl (C=O) groups is 2. The van der Waals surface area contributed by atoms with Gasteiger partial charge in [-0.3, -0.25) is 9.59 Å². The fraction of sp³-hybridized carbons (Fsp3) is 0.500. The number of rotatable bonds is 11. The molecule has 2 amide bonds. The molecule has 1 aromatic heterocycles. The third-order valence-electron chi connectivity index (χ3n) is 4.90. The zero-order chi connectivity index (χ0) is 22.1. The van der Waals surface area contributed by atoms with Gasteiger partial charge in [0.2, 0.25) is 11.8 Å². The number of hydrogen-bond donors (Lipinski definition) is 0. The molecule has 30 heavy (non-hydrogen) atoms. The van der Waals surface area contributed by atoms with Crippen LogP contribution in [0, 0.1) is 11.3 Å². The third kappa shape index (κ3) is 7.21. The molecule has 0 aliphatic rings. The molecule has 5 nitrogen and oxygen atoms in total. The summed E-state index contributed by atoms with van der Waals surface area (Å²) in [6.45, 7) is 9.17. The van der Waals surface area contributed by atoms with Gasteiger partial charge in [0.15, 0.2) is 0 Å². The van der Waals surface area contributed by atoms with Gasteiger partial charge in [0.05, 0.1) is 24.8 Å². The molecule has 0 atom stereocenters. The Labute approximate surface area is 185 Å². The normalized spacial score (nSPS) is 11.5. The zero-order valence-corrected chi connectivity index (χ0v) is 19.2. The molecule has 0 spiro atoms. The highest BCUT2D eigenvalue weighted by Crippen LogP contribution is 2.22. The summed E-state index contributed by atoms with van der Waals surface area (Å²) in [5.41, 5.74) is 0.445. The van der Waals surface area contributed by atoms with Crippen LogP contribution in [0.2, 0.25) is 0 Å². The summed E-state index contributed by atoms with van der Waals surface area (Å²) in [5.74, 6) is 0.982. The van der Waals surface area contributed by atoms with E-state index in [9.17, 15) is 9.59 Å². The summed E-state index contributed by atoms with van der Waals surface area (Å²) in [6, 6.07) is 13.7. The predicted molar refractivity (Wildman–Crippen MR) is 120 cm³/mol. The second-order valence-electron chi connectivity index (χ2n) is 8.73. The smallest absolute Gasteiger partial charge is 0.242 e. The summed E-state index contributed by atoms with van der Waals surface area (Å²) in [7, 11) is 0. The lowest BCUT2D eigenvalue weighted by atomic mass is 9.93. The van der Waals surface area contributed by atoms with Crippen LogP contribution in [0.25, 0.3) is 0 Å². The molecule has 0 radical (unpaired) electrons. The molecule has 0 unspecified atom stereocenters. The maximum absolute atomic E-state index is 13.3. The van der Waals surface area contributed by atoms with E-state index < -0.39 is 5.41 Å². The Morgan fingerprint density at radius 3 is 2.33 bits per heavy atom. The van der Waals surface area contributed by atoms with Gasteiger partial charge in [0, 0.05) is 19.0 Å². The molecule has 0 fully saturated rings. The SMILES string of the molecule is CC(C)CN(CC(=O)N(CCc1ccccc1)Cc1ccco1)C(=O)C(C)(C)CCl.